The zero-order valence-corrected chi connectivity index (χ0v) is 12.4. The quantitative estimate of drug-likeness (QED) is 0.780. The van der Waals surface area contributed by atoms with Gasteiger partial charge in [0, 0.05) is 25.2 Å². The highest BCUT2D eigenvalue weighted by Crippen LogP contribution is 2.32. The van der Waals surface area contributed by atoms with Crippen molar-refractivity contribution in [1.29, 1.82) is 0 Å². The summed E-state index contributed by atoms with van der Waals surface area (Å²) in [6.45, 7) is 6.95. The first-order valence-electron chi connectivity index (χ1n) is 8.18. The highest BCUT2D eigenvalue weighted by Gasteiger charge is 2.33. The van der Waals surface area contributed by atoms with Crippen LogP contribution < -0.4 is 5.73 Å². The van der Waals surface area contributed by atoms with Gasteiger partial charge in [-0.1, -0.05) is 32.6 Å². The lowest BCUT2D eigenvalue weighted by atomic mass is 9.86. The lowest BCUT2D eigenvalue weighted by Gasteiger charge is -2.44. The molecule has 18 heavy (non-hydrogen) atoms. The Bertz CT molecular complexity index is 233. The molecule has 1 saturated heterocycles. The maximum Gasteiger partial charge on any atom is 0.0249 e. The van der Waals surface area contributed by atoms with Crippen molar-refractivity contribution in [2.45, 2.75) is 77.3 Å². The summed E-state index contributed by atoms with van der Waals surface area (Å²) in [5, 5.41) is 0. The molecule has 0 radical (unpaired) electrons. The van der Waals surface area contributed by atoms with Crippen molar-refractivity contribution in [3.8, 4) is 0 Å². The molecule has 0 aromatic heterocycles. The van der Waals surface area contributed by atoms with Gasteiger partial charge < -0.3 is 5.73 Å². The van der Waals surface area contributed by atoms with Crippen LogP contribution in [-0.2, 0) is 0 Å². The fraction of sp³-hybridized carbons (Fsp3) is 1.00. The van der Waals surface area contributed by atoms with Crippen LogP contribution in [0.5, 0.6) is 0 Å². The zero-order chi connectivity index (χ0) is 13.0. The predicted octanol–water partition coefficient (Wildman–Crippen LogP) is 3.40. The molecule has 3 atom stereocenters. The minimum absolute atomic E-state index is 0.654. The van der Waals surface area contributed by atoms with Crippen LogP contribution in [-0.4, -0.2) is 30.1 Å². The van der Waals surface area contributed by atoms with Crippen molar-refractivity contribution in [3.05, 3.63) is 0 Å². The average molecular weight is 252 g/mol. The molecule has 1 aliphatic carbocycles. The summed E-state index contributed by atoms with van der Waals surface area (Å²) >= 11 is 0. The molecule has 2 rings (SSSR count). The van der Waals surface area contributed by atoms with Crippen molar-refractivity contribution >= 4 is 0 Å². The van der Waals surface area contributed by atoms with E-state index in [0.717, 1.165) is 24.4 Å². The second-order valence-electron chi connectivity index (χ2n) is 6.78. The number of rotatable bonds is 3. The molecule has 2 N–H and O–H groups in total. The van der Waals surface area contributed by atoms with E-state index >= 15 is 0 Å². The van der Waals surface area contributed by atoms with Crippen LogP contribution in [0.4, 0.5) is 0 Å². The predicted molar refractivity (Wildman–Crippen MR) is 78.6 cm³/mol. The van der Waals surface area contributed by atoms with Gasteiger partial charge in [-0.15, -0.1) is 0 Å². The lowest BCUT2D eigenvalue weighted by molar-refractivity contribution is 0.0465. The molecule has 0 aromatic rings. The second-order valence-corrected chi connectivity index (χ2v) is 6.78. The number of nitrogens with two attached hydrogens (primary N) is 1. The fourth-order valence-electron chi connectivity index (χ4n) is 4.08. The maximum atomic E-state index is 6.15. The van der Waals surface area contributed by atoms with Crippen LogP contribution in [0, 0.1) is 11.8 Å². The Morgan fingerprint density at radius 3 is 2.28 bits per heavy atom. The van der Waals surface area contributed by atoms with Crippen LogP contribution >= 0.6 is 0 Å². The van der Waals surface area contributed by atoms with Crippen LogP contribution in [0.3, 0.4) is 0 Å². The molecule has 0 spiro atoms. The molecule has 1 saturated carbocycles. The number of likely N-dealkylation sites (tertiary alicyclic amines) is 1. The minimum Gasteiger partial charge on any atom is -0.329 e. The van der Waals surface area contributed by atoms with E-state index in [1.165, 1.54) is 57.9 Å². The Morgan fingerprint density at radius 1 is 1.00 bits per heavy atom. The lowest BCUT2D eigenvalue weighted by Crippen LogP contribution is -2.53. The molecule has 0 amide bonds. The van der Waals surface area contributed by atoms with E-state index in [0.29, 0.717) is 6.04 Å². The summed E-state index contributed by atoms with van der Waals surface area (Å²) in [5.74, 6) is 1.73. The van der Waals surface area contributed by atoms with Crippen LogP contribution in [0.25, 0.3) is 0 Å². The fourth-order valence-corrected chi connectivity index (χ4v) is 4.08. The summed E-state index contributed by atoms with van der Waals surface area (Å²) < 4.78 is 0. The molecule has 2 fully saturated rings. The van der Waals surface area contributed by atoms with Gasteiger partial charge in [-0.25, -0.2) is 0 Å². The summed E-state index contributed by atoms with van der Waals surface area (Å²) in [7, 11) is 0. The molecule has 3 unspecified atom stereocenters. The van der Waals surface area contributed by atoms with Crippen molar-refractivity contribution < 1.29 is 0 Å². The Labute approximate surface area is 113 Å². The van der Waals surface area contributed by atoms with Gasteiger partial charge in [-0.3, -0.25) is 4.90 Å². The number of hydrogen-bond donors (Lipinski definition) is 1. The largest absolute Gasteiger partial charge is 0.329 e. The van der Waals surface area contributed by atoms with Gasteiger partial charge in [-0.05, 0) is 44.4 Å². The average Bonchev–Trinajstić information content (AvgIpc) is 2.64. The van der Waals surface area contributed by atoms with E-state index < -0.39 is 0 Å². The summed E-state index contributed by atoms with van der Waals surface area (Å²) in [6.07, 6.45) is 11.3. The maximum absolute atomic E-state index is 6.15. The normalized spacial score (nSPS) is 34.2. The molecular weight excluding hydrogens is 220 g/mol. The van der Waals surface area contributed by atoms with Gasteiger partial charge in [0.2, 0.25) is 0 Å². The van der Waals surface area contributed by atoms with Gasteiger partial charge in [0.25, 0.3) is 0 Å². The van der Waals surface area contributed by atoms with E-state index in [1.807, 2.05) is 0 Å². The Morgan fingerprint density at radius 2 is 1.67 bits per heavy atom. The molecule has 2 nitrogen and oxygen atoms in total. The monoisotopic (exact) mass is 252 g/mol. The smallest absolute Gasteiger partial charge is 0.0249 e. The van der Waals surface area contributed by atoms with E-state index in [4.69, 9.17) is 5.73 Å². The number of hydrogen-bond acceptors (Lipinski definition) is 2. The summed E-state index contributed by atoms with van der Waals surface area (Å²) in [4.78, 5) is 2.75. The molecule has 1 heterocycles. The third-order valence-corrected chi connectivity index (χ3v) is 5.28. The van der Waals surface area contributed by atoms with Gasteiger partial charge >= 0.3 is 0 Å². The van der Waals surface area contributed by atoms with Crippen molar-refractivity contribution in [1.82, 2.24) is 4.90 Å². The van der Waals surface area contributed by atoms with Gasteiger partial charge in [0.1, 0.15) is 0 Å². The van der Waals surface area contributed by atoms with E-state index in [9.17, 15) is 0 Å². The Kier molecular flexibility index (Phi) is 5.50. The minimum atomic E-state index is 0.654. The van der Waals surface area contributed by atoms with E-state index in [1.54, 1.807) is 0 Å². The molecule has 2 aliphatic rings. The standard InChI is InChI=1S/C16H32N2/c1-13-9-10-14(2)18(12-13)16(11-17)15-7-5-3-4-6-8-15/h13-16H,3-12,17H2,1-2H3. The Hall–Kier alpha value is -0.0800. The van der Waals surface area contributed by atoms with Gasteiger partial charge in [0.05, 0.1) is 0 Å². The van der Waals surface area contributed by atoms with E-state index in [-0.39, 0.29) is 0 Å². The topological polar surface area (TPSA) is 29.3 Å². The third kappa shape index (κ3) is 3.48. The van der Waals surface area contributed by atoms with Crippen LogP contribution in [0.2, 0.25) is 0 Å². The summed E-state index contributed by atoms with van der Waals surface area (Å²) in [5.41, 5.74) is 6.15. The first-order chi connectivity index (χ1) is 8.72. The van der Waals surface area contributed by atoms with Crippen LogP contribution in [0.1, 0.15) is 65.2 Å². The van der Waals surface area contributed by atoms with E-state index in [2.05, 4.69) is 18.7 Å². The molecular formula is C16H32N2. The number of nitrogens with zero attached hydrogens (tertiary/aromatic N) is 1. The van der Waals surface area contributed by atoms with Crippen molar-refractivity contribution in [2.75, 3.05) is 13.1 Å². The second kappa shape index (κ2) is 6.91. The SMILES string of the molecule is CC1CCC(C)N(C(CN)C2CCCCCC2)C1. The highest BCUT2D eigenvalue weighted by molar-refractivity contribution is 4.88. The summed E-state index contributed by atoms with van der Waals surface area (Å²) in [6, 6.07) is 1.40. The third-order valence-electron chi connectivity index (χ3n) is 5.28. The van der Waals surface area contributed by atoms with Crippen molar-refractivity contribution in [2.24, 2.45) is 17.6 Å². The molecule has 2 heteroatoms. The first kappa shape index (κ1) is 14.3. The zero-order valence-electron chi connectivity index (χ0n) is 12.4. The molecule has 1 aliphatic heterocycles. The van der Waals surface area contributed by atoms with Gasteiger partial charge in [-0.2, -0.15) is 0 Å². The Balaban J connectivity index is 2.00. The van der Waals surface area contributed by atoms with Crippen LogP contribution in [0.15, 0.2) is 0 Å². The molecule has 0 aromatic carbocycles. The molecule has 0 bridgehead atoms. The number of piperidine rings is 1. The van der Waals surface area contributed by atoms with Gasteiger partial charge in [0.15, 0.2) is 0 Å². The molecule has 106 valence electrons. The first-order valence-corrected chi connectivity index (χ1v) is 8.18. The van der Waals surface area contributed by atoms with Crippen molar-refractivity contribution in [3.63, 3.8) is 0 Å². The highest BCUT2D eigenvalue weighted by atomic mass is 15.2.